The van der Waals surface area contributed by atoms with Gasteiger partial charge in [-0.3, -0.25) is 9.48 Å². The van der Waals surface area contributed by atoms with Crippen LogP contribution in [-0.2, 0) is 7.05 Å². The summed E-state index contributed by atoms with van der Waals surface area (Å²) in [6, 6.07) is 8.37. The maximum Gasteiger partial charge on any atom is 0.254 e. The highest BCUT2D eigenvalue weighted by molar-refractivity contribution is 7.99. The first-order chi connectivity index (χ1) is 9.24. The Balaban J connectivity index is 1.79. The molecule has 1 amide bonds. The molecule has 1 aromatic carbocycles. The van der Waals surface area contributed by atoms with Gasteiger partial charge in [0.2, 0.25) is 0 Å². The number of amides is 1. The van der Waals surface area contributed by atoms with Crippen LogP contribution < -0.4 is 5.32 Å². The van der Waals surface area contributed by atoms with Gasteiger partial charge in [0.1, 0.15) is 0 Å². The largest absolute Gasteiger partial charge is 0.345 e. The van der Waals surface area contributed by atoms with Crippen LogP contribution in [0.5, 0.6) is 0 Å². The van der Waals surface area contributed by atoms with E-state index in [0.717, 1.165) is 12.2 Å². The van der Waals surface area contributed by atoms with E-state index in [-0.39, 0.29) is 11.9 Å². The van der Waals surface area contributed by atoms with E-state index in [9.17, 15) is 4.79 Å². The normalized spacial score (nSPS) is 17.8. The van der Waals surface area contributed by atoms with Crippen molar-refractivity contribution in [2.75, 3.05) is 5.75 Å². The standard InChI is InChI=1S/C14H15N3OS/c1-17-9-10(8-15-17)14(18)16-12-6-7-19-13-5-3-2-4-11(12)13/h2-5,8-9,12H,6-7H2,1H3,(H,16,18)/t12-/m1/s1. The number of nitrogens with one attached hydrogen (secondary N) is 1. The van der Waals surface area contributed by atoms with Gasteiger partial charge in [0.25, 0.3) is 5.91 Å². The molecule has 0 aliphatic carbocycles. The summed E-state index contributed by atoms with van der Waals surface area (Å²) in [5.74, 6) is 0.981. The molecule has 98 valence electrons. The minimum absolute atomic E-state index is 0.0557. The number of aryl methyl sites for hydroxylation is 1. The molecule has 3 rings (SSSR count). The van der Waals surface area contributed by atoms with E-state index >= 15 is 0 Å². The quantitative estimate of drug-likeness (QED) is 0.914. The Morgan fingerprint density at radius 3 is 3.11 bits per heavy atom. The summed E-state index contributed by atoms with van der Waals surface area (Å²) >= 11 is 1.85. The average molecular weight is 273 g/mol. The predicted molar refractivity (Wildman–Crippen MR) is 75.2 cm³/mol. The topological polar surface area (TPSA) is 46.9 Å². The van der Waals surface area contributed by atoms with Crippen molar-refractivity contribution in [3.8, 4) is 0 Å². The van der Waals surface area contributed by atoms with E-state index in [1.807, 2.05) is 30.9 Å². The van der Waals surface area contributed by atoms with Gasteiger partial charge in [-0.05, 0) is 18.1 Å². The molecule has 0 spiro atoms. The summed E-state index contributed by atoms with van der Waals surface area (Å²) in [6.07, 6.45) is 4.30. The van der Waals surface area contributed by atoms with Crippen LogP contribution in [0.15, 0.2) is 41.6 Å². The van der Waals surface area contributed by atoms with Crippen LogP contribution in [0.4, 0.5) is 0 Å². The van der Waals surface area contributed by atoms with Crippen molar-refractivity contribution in [3.63, 3.8) is 0 Å². The first kappa shape index (κ1) is 12.3. The van der Waals surface area contributed by atoms with Crippen molar-refractivity contribution in [1.82, 2.24) is 15.1 Å². The third-order valence-electron chi connectivity index (χ3n) is 3.23. The summed E-state index contributed by atoms with van der Waals surface area (Å²) in [4.78, 5) is 13.4. The monoisotopic (exact) mass is 273 g/mol. The summed E-state index contributed by atoms with van der Waals surface area (Å²) in [7, 11) is 1.81. The Bertz CT molecular complexity index is 608. The fourth-order valence-electron chi connectivity index (χ4n) is 2.27. The molecule has 0 radical (unpaired) electrons. The van der Waals surface area contributed by atoms with E-state index in [4.69, 9.17) is 0 Å². The number of nitrogens with zero attached hydrogens (tertiary/aromatic N) is 2. The molecule has 19 heavy (non-hydrogen) atoms. The Labute approximate surface area is 116 Å². The molecular weight excluding hydrogens is 258 g/mol. The maximum atomic E-state index is 12.2. The summed E-state index contributed by atoms with van der Waals surface area (Å²) < 4.78 is 1.64. The number of carbonyl (C=O) groups excluding carboxylic acids is 1. The first-order valence-corrected chi connectivity index (χ1v) is 7.24. The molecule has 0 unspecified atom stereocenters. The highest BCUT2D eigenvalue weighted by atomic mass is 32.2. The van der Waals surface area contributed by atoms with Gasteiger partial charge in [0, 0.05) is 23.9 Å². The van der Waals surface area contributed by atoms with Gasteiger partial charge in [-0.2, -0.15) is 5.10 Å². The third kappa shape index (κ3) is 2.51. The van der Waals surface area contributed by atoms with E-state index < -0.39 is 0 Å². The zero-order chi connectivity index (χ0) is 13.2. The average Bonchev–Trinajstić information content (AvgIpc) is 2.86. The molecule has 1 aliphatic rings. The van der Waals surface area contributed by atoms with E-state index in [1.165, 1.54) is 10.5 Å². The van der Waals surface area contributed by atoms with Gasteiger partial charge in [-0.1, -0.05) is 18.2 Å². The number of fused-ring (bicyclic) bond motifs is 1. The van der Waals surface area contributed by atoms with Gasteiger partial charge < -0.3 is 5.32 Å². The molecular formula is C14H15N3OS. The predicted octanol–water partition coefficient (Wildman–Crippen LogP) is 2.39. The van der Waals surface area contributed by atoms with Crippen LogP contribution in [0.25, 0.3) is 0 Å². The molecule has 0 saturated heterocycles. The fourth-order valence-corrected chi connectivity index (χ4v) is 3.40. The van der Waals surface area contributed by atoms with Crippen molar-refractivity contribution >= 4 is 17.7 Å². The zero-order valence-electron chi connectivity index (χ0n) is 10.7. The molecule has 0 saturated carbocycles. The van der Waals surface area contributed by atoms with Crippen molar-refractivity contribution < 1.29 is 4.79 Å². The number of benzene rings is 1. The second-order valence-electron chi connectivity index (χ2n) is 4.60. The number of thioether (sulfide) groups is 1. The minimum atomic E-state index is -0.0557. The lowest BCUT2D eigenvalue weighted by molar-refractivity contribution is 0.0935. The van der Waals surface area contributed by atoms with Crippen molar-refractivity contribution in [2.45, 2.75) is 17.4 Å². The second kappa shape index (κ2) is 5.09. The van der Waals surface area contributed by atoms with Crippen LogP contribution in [-0.4, -0.2) is 21.4 Å². The highest BCUT2D eigenvalue weighted by Crippen LogP contribution is 2.35. The number of aromatic nitrogens is 2. The van der Waals surface area contributed by atoms with Crippen LogP contribution in [0.3, 0.4) is 0 Å². The van der Waals surface area contributed by atoms with Gasteiger partial charge in [0.15, 0.2) is 0 Å². The lowest BCUT2D eigenvalue weighted by atomic mass is 10.0. The van der Waals surface area contributed by atoms with Gasteiger partial charge in [0.05, 0.1) is 17.8 Å². The molecule has 0 bridgehead atoms. The molecule has 4 nitrogen and oxygen atoms in total. The van der Waals surface area contributed by atoms with Crippen LogP contribution >= 0.6 is 11.8 Å². The molecule has 1 N–H and O–H groups in total. The summed E-state index contributed by atoms with van der Waals surface area (Å²) in [5.41, 5.74) is 1.83. The number of hydrogen-bond acceptors (Lipinski definition) is 3. The van der Waals surface area contributed by atoms with E-state index in [2.05, 4.69) is 22.5 Å². The summed E-state index contributed by atoms with van der Waals surface area (Å²) in [6.45, 7) is 0. The van der Waals surface area contributed by atoms with Crippen LogP contribution in [0.1, 0.15) is 28.4 Å². The van der Waals surface area contributed by atoms with Crippen molar-refractivity contribution in [2.24, 2.45) is 7.05 Å². The number of rotatable bonds is 2. The Morgan fingerprint density at radius 2 is 2.32 bits per heavy atom. The van der Waals surface area contributed by atoms with E-state index in [0.29, 0.717) is 5.56 Å². The Hall–Kier alpha value is -1.75. The van der Waals surface area contributed by atoms with Crippen LogP contribution in [0, 0.1) is 0 Å². The van der Waals surface area contributed by atoms with E-state index in [1.54, 1.807) is 17.1 Å². The zero-order valence-corrected chi connectivity index (χ0v) is 11.5. The van der Waals surface area contributed by atoms with Gasteiger partial charge in [-0.25, -0.2) is 0 Å². The number of carbonyl (C=O) groups is 1. The molecule has 2 heterocycles. The Morgan fingerprint density at radius 1 is 1.47 bits per heavy atom. The van der Waals surface area contributed by atoms with Gasteiger partial charge >= 0.3 is 0 Å². The number of hydrogen-bond donors (Lipinski definition) is 1. The highest BCUT2D eigenvalue weighted by Gasteiger charge is 2.22. The minimum Gasteiger partial charge on any atom is -0.345 e. The van der Waals surface area contributed by atoms with Crippen LogP contribution in [0.2, 0.25) is 0 Å². The SMILES string of the molecule is Cn1cc(C(=O)N[C@@H]2CCSc3ccccc32)cn1. The molecule has 5 heteroatoms. The maximum absolute atomic E-state index is 12.2. The van der Waals surface area contributed by atoms with Crippen molar-refractivity contribution in [3.05, 3.63) is 47.8 Å². The lowest BCUT2D eigenvalue weighted by Crippen LogP contribution is -2.30. The van der Waals surface area contributed by atoms with Crippen molar-refractivity contribution in [1.29, 1.82) is 0 Å². The molecule has 0 fully saturated rings. The molecule has 2 aromatic rings. The molecule has 1 aromatic heterocycles. The molecule has 1 atom stereocenters. The van der Waals surface area contributed by atoms with Gasteiger partial charge in [-0.15, -0.1) is 11.8 Å². The second-order valence-corrected chi connectivity index (χ2v) is 5.74. The lowest BCUT2D eigenvalue weighted by Gasteiger charge is -2.25. The molecule has 1 aliphatic heterocycles. The first-order valence-electron chi connectivity index (χ1n) is 6.25. The third-order valence-corrected chi connectivity index (χ3v) is 4.35. The summed E-state index contributed by atoms with van der Waals surface area (Å²) in [5, 5.41) is 7.13. The Kier molecular flexibility index (Phi) is 3.29. The fraction of sp³-hybridized carbons (Fsp3) is 0.286. The smallest absolute Gasteiger partial charge is 0.254 e.